The summed E-state index contributed by atoms with van der Waals surface area (Å²) in [6.45, 7) is 0.873. The largest absolute Gasteiger partial charge is 0.493 e. The lowest BCUT2D eigenvalue weighted by Crippen LogP contribution is -2.04. The minimum absolute atomic E-state index is 0.436. The summed E-state index contributed by atoms with van der Waals surface area (Å²) in [4.78, 5) is 0. The molecular weight excluding hydrogens is 328 g/mol. The topological polar surface area (TPSA) is 36.9 Å². The highest BCUT2D eigenvalue weighted by molar-refractivity contribution is 5.41. The van der Waals surface area contributed by atoms with E-state index in [4.69, 9.17) is 18.9 Å². The minimum atomic E-state index is 0.436. The second-order valence-corrected chi connectivity index (χ2v) is 5.65. The van der Waals surface area contributed by atoms with E-state index in [-0.39, 0.29) is 0 Å². The molecule has 0 fully saturated rings. The number of rotatable bonds is 8. The molecule has 26 heavy (non-hydrogen) atoms. The minimum Gasteiger partial charge on any atom is -0.493 e. The first-order valence-electron chi connectivity index (χ1n) is 8.40. The fourth-order valence-corrected chi connectivity index (χ4v) is 2.63. The molecule has 0 saturated heterocycles. The normalized spacial score (nSPS) is 10.2. The van der Waals surface area contributed by atoms with Gasteiger partial charge in [-0.1, -0.05) is 48.5 Å². The summed E-state index contributed by atoms with van der Waals surface area (Å²) in [5, 5.41) is 0. The van der Waals surface area contributed by atoms with Gasteiger partial charge in [-0.3, -0.25) is 0 Å². The Hall–Kier alpha value is -3.14. The average molecular weight is 350 g/mol. The molecule has 0 saturated carbocycles. The van der Waals surface area contributed by atoms with Crippen molar-refractivity contribution >= 4 is 0 Å². The van der Waals surface area contributed by atoms with Crippen molar-refractivity contribution in [1.82, 2.24) is 0 Å². The van der Waals surface area contributed by atoms with Crippen LogP contribution in [0.5, 0.6) is 23.0 Å². The molecule has 3 aromatic carbocycles. The van der Waals surface area contributed by atoms with Gasteiger partial charge in [0.15, 0.2) is 23.0 Å². The predicted molar refractivity (Wildman–Crippen MR) is 101 cm³/mol. The van der Waals surface area contributed by atoms with Gasteiger partial charge >= 0.3 is 0 Å². The molecule has 4 nitrogen and oxygen atoms in total. The van der Waals surface area contributed by atoms with Crippen molar-refractivity contribution < 1.29 is 18.9 Å². The second kappa shape index (κ2) is 8.81. The Labute approximate surface area is 153 Å². The molecule has 0 radical (unpaired) electrons. The van der Waals surface area contributed by atoms with Crippen molar-refractivity contribution in [3.63, 3.8) is 0 Å². The highest BCUT2D eigenvalue weighted by Gasteiger charge is 2.08. The van der Waals surface area contributed by atoms with Gasteiger partial charge in [0.25, 0.3) is 0 Å². The summed E-state index contributed by atoms with van der Waals surface area (Å²) in [5.41, 5.74) is 2.13. The van der Waals surface area contributed by atoms with E-state index < -0.39 is 0 Å². The van der Waals surface area contributed by atoms with Crippen LogP contribution in [0.1, 0.15) is 11.1 Å². The Bertz CT molecular complexity index is 774. The number of para-hydroxylation sites is 4. The van der Waals surface area contributed by atoms with Gasteiger partial charge in [0.05, 0.1) is 14.2 Å². The zero-order valence-corrected chi connectivity index (χ0v) is 15.0. The Morgan fingerprint density at radius 1 is 0.500 bits per heavy atom. The number of benzene rings is 3. The summed E-state index contributed by atoms with van der Waals surface area (Å²) < 4.78 is 22.6. The molecule has 3 rings (SSSR count). The molecule has 0 aliphatic rings. The van der Waals surface area contributed by atoms with Crippen molar-refractivity contribution in [2.24, 2.45) is 0 Å². The second-order valence-electron chi connectivity index (χ2n) is 5.65. The smallest absolute Gasteiger partial charge is 0.161 e. The zero-order valence-electron chi connectivity index (χ0n) is 15.0. The van der Waals surface area contributed by atoms with Crippen LogP contribution in [0.3, 0.4) is 0 Å². The first-order chi connectivity index (χ1) is 12.8. The van der Waals surface area contributed by atoms with Crippen molar-refractivity contribution in [1.29, 1.82) is 0 Å². The third kappa shape index (κ3) is 4.28. The maximum absolute atomic E-state index is 5.95. The van der Waals surface area contributed by atoms with Crippen molar-refractivity contribution in [2.75, 3.05) is 14.2 Å². The molecule has 0 aliphatic heterocycles. The van der Waals surface area contributed by atoms with E-state index in [1.54, 1.807) is 14.2 Å². The molecular formula is C22H22O4. The van der Waals surface area contributed by atoms with Gasteiger partial charge in [0, 0.05) is 0 Å². The van der Waals surface area contributed by atoms with E-state index in [9.17, 15) is 0 Å². The molecule has 0 amide bonds. The van der Waals surface area contributed by atoms with Crippen LogP contribution in [0, 0.1) is 0 Å². The zero-order chi connectivity index (χ0) is 18.2. The lowest BCUT2D eigenvalue weighted by molar-refractivity contribution is 0.267. The Kier molecular flexibility index (Phi) is 5.99. The molecule has 0 heterocycles. The van der Waals surface area contributed by atoms with E-state index >= 15 is 0 Å². The summed E-state index contributed by atoms with van der Waals surface area (Å²) in [7, 11) is 3.27. The number of ether oxygens (including phenoxy) is 4. The monoisotopic (exact) mass is 350 g/mol. The van der Waals surface area contributed by atoms with Gasteiger partial charge in [-0.15, -0.1) is 0 Å². The van der Waals surface area contributed by atoms with Crippen LogP contribution in [0.4, 0.5) is 0 Å². The van der Waals surface area contributed by atoms with Gasteiger partial charge in [-0.05, 0) is 35.4 Å². The van der Waals surface area contributed by atoms with Gasteiger partial charge in [0.1, 0.15) is 13.2 Å². The SMILES string of the molecule is COc1ccccc1OCc1ccccc1COc1ccccc1OC. The lowest BCUT2D eigenvalue weighted by Gasteiger charge is -2.14. The molecule has 4 heteroatoms. The number of hydrogen-bond acceptors (Lipinski definition) is 4. The molecule has 3 aromatic rings. The fourth-order valence-electron chi connectivity index (χ4n) is 2.63. The quantitative estimate of drug-likeness (QED) is 0.581. The van der Waals surface area contributed by atoms with Crippen LogP contribution in [0.15, 0.2) is 72.8 Å². The molecule has 0 spiro atoms. The van der Waals surface area contributed by atoms with E-state index in [2.05, 4.69) is 0 Å². The summed E-state index contributed by atoms with van der Waals surface area (Å²) in [6.07, 6.45) is 0. The predicted octanol–water partition coefficient (Wildman–Crippen LogP) is 4.86. The lowest BCUT2D eigenvalue weighted by atomic mass is 10.1. The third-order valence-electron chi connectivity index (χ3n) is 4.02. The van der Waals surface area contributed by atoms with Gasteiger partial charge in [-0.2, -0.15) is 0 Å². The number of methoxy groups -OCH3 is 2. The summed E-state index contributed by atoms with van der Waals surface area (Å²) >= 11 is 0. The van der Waals surface area contributed by atoms with Crippen LogP contribution in [0.25, 0.3) is 0 Å². The third-order valence-corrected chi connectivity index (χ3v) is 4.02. The van der Waals surface area contributed by atoms with Gasteiger partial charge in [-0.25, -0.2) is 0 Å². The highest BCUT2D eigenvalue weighted by atomic mass is 16.5. The number of hydrogen-bond donors (Lipinski definition) is 0. The molecule has 0 aliphatic carbocycles. The summed E-state index contributed by atoms with van der Waals surface area (Å²) in [5.74, 6) is 2.87. The molecule has 0 N–H and O–H groups in total. The van der Waals surface area contributed by atoms with Gasteiger partial charge < -0.3 is 18.9 Å². The highest BCUT2D eigenvalue weighted by Crippen LogP contribution is 2.29. The standard InChI is InChI=1S/C22H22O4/c1-23-19-11-5-7-13-21(19)25-15-17-9-3-4-10-18(17)16-26-22-14-8-6-12-20(22)24-2/h3-14H,15-16H2,1-2H3. The molecule has 0 unspecified atom stereocenters. The maximum atomic E-state index is 5.95. The van der Waals surface area contributed by atoms with E-state index in [1.165, 1.54) is 0 Å². The first kappa shape index (κ1) is 17.7. The molecule has 0 bridgehead atoms. The Morgan fingerprint density at radius 2 is 0.846 bits per heavy atom. The summed E-state index contributed by atoms with van der Waals surface area (Å²) in [6, 6.07) is 23.3. The molecule has 0 aromatic heterocycles. The molecule has 0 atom stereocenters. The Balaban J connectivity index is 1.70. The van der Waals surface area contributed by atoms with Gasteiger partial charge in [0.2, 0.25) is 0 Å². The van der Waals surface area contributed by atoms with Crippen LogP contribution in [0.2, 0.25) is 0 Å². The van der Waals surface area contributed by atoms with Crippen molar-refractivity contribution in [3.05, 3.63) is 83.9 Å². The van der Waals surface area contributed by atoms with Crippen LogP contribution >= 0.6 is 0 Å². The van der Waals surface area contributed by atoms with Crippen LogP contribution in [-0.4, -0.2) is 14.2 Å². The Morgan fingerprint density at radius 3 is 1.23 bits per heavy atom. The van der Waals surface area contributed by atoms with Crippen LogP contribution in [-0.2, 0) is 13.2 Å². The average Bonchev–Trinajstić information content (AvgIpc) is 2.71. The van der Waals surface area contributed by atoms with Crippen LogP contribution < -0.4 is 18.9 Å². The van der Waals surface area contributed by atoms with E-state index in [0.717, 1.165) is 34.1 Å². The maximum Gasteiger partial charge on any atom is 0.161 e. The van der Waals surface area contributed by atoms with Crippen molar-refractivity contribution in [3.8, 4) is 23.0 Å². The van der Waals surface area contributed by atoms with E-state index in [1.807, 2.05) is 72.8 Å². The molecule has 134 valence electrons. The first-order valence-corrected chi connectivity index (χ1v) is 8.40. The van der Waals surface area contributed by atoms with Crippen molar-refractivity contribution in [2.45, 2.75) is 13.2 Å². The van der Waals surface area contributed by atoms with E-state index in [0.29, 0.717) is 13.2 Å². The fraction of sp³-hybridized carbons (Fsp3) is 0.182.